The quantitative estimate of drug-likeness (QED) is 0.241. The molecule has 0 saturated heterocycles. The summed E-state index contributed by atoms with van der Waals surface area (Å²) in [7, 11) is -3.80. The zero-order chi connectivity index (χ0) is 30.1. The van der Waals surface area contributed by atoms with Crippen LogP contribution in [0.4, 0.5) is 26.3 Å². The number of fused-ring (bicyclic) bond motifs is 3. The molecule has 2 heterocycles. The molecule has 2 bridgehead atoms. The Labute approximate surface area is 235 Å². The highest BCUT2D eigenvalue weighted by Gasteiger charge is 2.55. The van der Waals surface area contributed by atoms with Gasteiger partial charge in [0.2, 0.25) is 11.7 Å². The maximum atomic E-state index is 13.7. The van der Waals surface area contributed by atoms with Gasteiger partial charge in [0, 0.05) is 29.0 Å². The van der Waals surface area contributed by atoms with E-state index < -0.39 is 37.4 Å². The highest BCUT2D eigenvalue weighted by atomic mass is 32.2. The fourth-order valence-corrected chi connectivity index (χ4v) is 7.03. The van der Waals surface area contributed by atoms with Crippen LogP contribution in [-0.2, 0) is 33.9 Å². The van der Waals surface area contributed by atoms with Gasteiger partial charge in [0.05, 0.1) is 10.5 Å². The molecule has 222 valence electrons. The molecular weight excluding hydrogens is 588 g/mol. The summed E-state index contributed by atoms with van der Waals surface area (Å²) >= 11 is 0. The molecule has 2 aromatic carbocycles. The smallest absolute Gasteiger partial charge is 0.338 e. The molecule has 4 aromatic rings. The van der Waals surface area contributed by atoms with Gasteiger partial charge in [0.15, 0.2) is 5.82 Å². The first-order valence-corrected chi connectivity index (χ1v) is 14.5. The maximum Gasteiger partial charge on any atom is 0.501 e. The first-order valence-electron chi connectivity index (χ1n) is 13.0. The lowest BCUT2D eigenvalue weighted by molar-refractivity contribution is -0.137. The highest BCUT2D eigenvalue weighted by Crippen LogP contribution is 2.58. The SMILES string of the molecule is Cn1c(-c2ccccc2C(F)(F)F)nnc1C12CCC(c3nc(-c4ccc(S(=O)(=O)C(F)(F)F)cc4)no3)(CC1)CC2. The summed E-state index contributed by atoms with van der Waals surface area (Å²) in [6.45, 7) is 0. The third kappa shape index (κ3) is 4.39. The van der Waals surface area contributed by atoms with Crippen molar-refractivity contribution in [3.63, 3.8) is 0 Å². The van der Waals surface area contributed by atoms with E-state index in [0.29, 0.717) is 55.8 Å². The van der Waals surface area contributed by atoms with Crippen LogP contribution < -0.4 is 0 Å². The molecule has 0 amide bonds. The van der Waals surface area contributed by atoms with Gasteiger partial charge in [-0.15, -0.1) is 10.2 Å². The van der Waals surface area contributed by atoms with Crippen LogP contribution in [0.2, 0.25) is 0 Å². The zero-order valence-corrected chi connectivity index (χ0v) is 22.8. The van der Waals surface area contributed by atoms with Crippen LogP contribution in [-0.4, -0.2) is 38.8 Å². The minimum Gasteiger partial charge on any atom is -0.338 e. The molecule has 0 spiro atoms. The van der Waals surface area contributed by atoms with E-state index in [2.05, 4.69) is 20.3 Å². The fraction of sp³-hybridized carbons (Fsp3) is 0.407. The van der Waals surface area contributed by atoms with Gasteiger partial charge in [-0.1, -0.05) is 23.4 Å². The molecule has 0 radical (unpaired) electrons. The van der Waals surface area contributed by atoms with Gasteiger partial charge in [-0.05, 0) is 68.9 Å². The summed E-state index contributed by atoms with van der Waals surface area (Å²) in [5.41, 5.74) is -6.74. The molecule has 0 N–H and O–H groups in total. The third-order valence-corrected chi connectivity index (χ3v) is 10.2. The molecule has 3 saturated carbocycles. The molecule has 0 aliphatic heterocycles. The first-order chi connectivity index (χ1) is 19.7. The van der Waals surface area contributed by atoms with E-state index in [-0.39, 0.29) is 22.6 Å². The van der Waals surface area contributed by atoms with Crippen LogP contribution in [0.1, 0.15) is 55.8 Å². The maximum absolute atomic E-state index is 13.7. The summed E-state index contributed by atoms with van der Waals surface area (Å²) in [5.74, 6) is 1.28. The van der Waals surface area contributed by atoms with Crippen molar-refractivity contribution in [3.8, 4) is 22.8 Å². The third-order valence-electron chi connectivity index (χ3n) is 8.68. The lowest BCUT2D eigenvalue weighted by Gasteiger charge is -2.51. The summed E-state index contributed by atoms with van der Waals surface area (Å²) in [6.07, 6.45) is -0.580. The monoisotopic (exact) mass is 611 g/mol. The van der Waals surface area contributed by atoms with E-state index in [4.69, 9.17) is 4.52 Å². The molecule has 0 atom stereocenters. The summed E-state index contributed by atoms with van der Waals surface area (Å²) in [4.78, 5) is 3.63. The minimum absolute atomic E-state index is 0.0361. The fourth-order valence-electron chi connectivity index (χ4n) is 6.27. The average molecular weight is 612 g/mol. The Morgan fingerprint density at radius 3 is 2.02 bits per heavy atom. The largest absolute Gasteiger partial charge is 0.501 e. The molecule has 15 heteroatoms. The van der Waals surface area contributed by atoms with Crippen LogP contribution in [0.15, 0.2) is 57.9 Å². The van der Waals surface area contributed by atoms with E-state index in [9.17, 15) is 34.8 Å². The Morgan fingerprint density at radius 2 is 1.43 bits per heavy atom. The molecular formula is C27H23F6N5O3S. The topological polar surface area (TPSA) is 104 Å². The van der Waals surface area contributed by atoms with E-state index in [1.54, 1.807) is 11.6 Å². The molecule has 0 unspecified atom stereocenters. The minimum atomic E-state index is -5.48. The van der Waals surface area contributed by atoms with Crippen LogP contribution in [0.5, 0.6) is 0 Å². The number of halogens is 6. The zero-order valence-electron chi connectivity index (χ0n) is 22.0. The second-order valence-electron chi connectivity index (χ2n) is 10.9. The molecule has 3 aliphatic rings. The standard InChI is InChI=1S/C27H23F6N5O3S/c1-38-21(18-4-2-3-5-19(18)26(28,29)30)35-36-22(38)24-10-13-25(14-11-24,15-12-24)23-34-20(37-41-23)16-6-8-17(9-7-16)42(39,40)27(31,32)33/h2-9H,10-15H2,1H3. The normalized spacial score (nSPS) is 22.9. The molecule has 3 fully saturated rings. The van der Waals surface area contributed by atoms with Gasteiger partial charge in [0.25, 0.3) is 9.84 Å². The molecule has 2 aromatic heterocycles. The van der Waals surface area contributed by atoms with Crippen molar-refractivity contribution in [2.75, 3.05) is 0 Å². The number of alkyl halides is 6. The second kappa shape index (κ2) is 9.38. The number of rotatable bonds is 5. The van der Waals surface area contributed by atoms with Gasteiger partial charge >= 0.3 is 11.7 Å². The summed E-state index contributed by atoms with van der Waals surface area (Å²) in [5, 5.41) is 12.5. The van der Waals surface area contributed by atoms with Crippen molar-refractivity contribution in [1.82, 2.24) is 24.9 Å². The molecule has 8 nitrogen and oxygen atoms in total. The van der Waals surface area contributed by atoms with Crippen molar-refractivity contribution < 1.29 is 39.3 Å². The van der Waals surface area contributed by atoms with E-state index >= 15 is 0 Å². The number of benzene rings is 2. The van der Waals surface area contributed by atoms with E-state index in [0.717, 1.165) is 18.2 Å². The van der Waals surface area contributed by atoms with Gasteiger partial charge < -0.3 is 9.09 Å². The lowest BCUT2D eigenvalue weighted by atomic mass is 9.53. The molecule has 42 heavy (non-hydrogen) atoms. The number of hydrogen-bond acceptors (Lipinski definition) is 7. The van der Waals surface area contributed by atoms with Crippen LogP contribution in [0.3, 0.4) is 0 Å². The summed E-state index contributed by atoms with van der Waals surface area (Å²) < 4.78 is 110. The number of aromatic nitrogens is 5. The predicted molar refractivity (Wildman–Crippen MR) is 135 cm³/mol. The van der Waals surface area contributed by atoms with Gasteiger partial charge in [-0.25, -0.2) is 8.42 Å². The lowest BCUT2D eigenvalue weighted by Crippen LogP contribution is -2.47. The van der Waals surface area contributed by atoms with Crippen molar-refractivity contribution in [1.29, 1.82) is 0 Å². The Bertz CT molecular complexity index is 1730. The average Bonchev–Trinajstić information content (AvgIpc) is 3.61. The molecule has 3 aliphatic carbocycles. The number of hydrogen-bond donors (Lipinski definition) is 0. The Hall–Kier alpha value is -3.75. The van der Waals surface area contributed by atoms with Gasteiger partial charge in [-0.3, -0.25) is 0 Å². The van der Waals surface area contributed by atoms with Crippen molar-refractivity contribution >= 4 is 9.84 Å². The van der Waals surface area contributed by atoms with E-state index in [1.807, 2.05) is 0 Å². The first kappa shape index (κ1) is 28.4. The predicted octanol–water partition coefficient (Wildman–Crippen LogP) is 6.39. The van der Waals surface area contributed by atoms with Crippen molar-refractivity contribution in [3.05, 3.63) is 65.8 Å². The van der Waals surface area contributed by atoms with Gasteiger partial charge in [-0.2, -0.15) is 31.3 Å². The van der Waals surface area contributed by atoms with Crippen LogP contribution in [0, 0.1) is 0 Å². The second-order valence-corrected chi connectivity index (χ2v) is 12.8. The molecule has 7 rings (SSSR count). The highest BCUT2D eigenvalue weighted by molar-refractivity contribution is 7.92. The van der Waals surface area contributed by atoms with E-state index in [1.165, 1.54) is 30.3 Å². The Balaban J connectivity index is 1.22. The van der Waals surface area contributed by atoms with Crippen LogP contribution >= 0.6 is 0 Å². The number of nitrogens with zero attached hydrogens (tertiary/aromatic N) is 5. The Kier molecular flexibility index (Phi) is 6.33. The van der Waals surface area contributed by atoms with Gasteiger partial charge in [0.1, 0.15) is 5.82 Å². The Morgan fingerprint density at radius 1 is 0.833 bits per heavy atom. The van der Waals surface area contributed by atoms with Crippen molar-refractivity contribution in [2.24, 2.45) is 7.05 Å². The number of sulfone groups is 1. The van der Waals surface area contributed by atoms with Crippen LogP contribution in [0.25, 0.3) is 22.8 Å². The van der Waals surface area contributed by atoms with Crippen molar-refractivity contribution in [2.45, 2.75) is 65.9 Å². The summed E-state index contributed by atoms with van der Waals surface area (Å²) in [6, 6.07) is 9.37.